The zero-order valence-corrected chi connectivity index (χ0v) is 14.8. The molecular formula is C20H29N3O2. The molecule has 0 spiro atoms. The molecule has 5 heteroatoms. The Labute approximate surface area is 150 Å². The number of anilines is 1. The van der Waals surface area contributed by atoms with Crippen LogP contribution in [0.4, 0.5) is 5.69 Å². The lowest BCUT2D eigenvalue weighted by atomic mass is 10.1. The van der Waals surface area contributed by atoms with E-state index in [9.17, 15) is 4.79 Å². The second-order valence-corrected chi connectivity index (χ2v) is 7.01. The fraction of sp³-hybridized carbons (Fsp3) is 0.550. The number of rotatable bonds is 7. The molecule has 0 bridgehead atoms. The first-order valence-electron chi connectivity index (χ1n) is 9.35. The van der Waals surface area contributed by atoms with Crippen LogP contribution in [0.15, 0.2) is 42.5 Å². The highest BCUT2D eigenvalue weighted by Gasteiger charge is 2.20. The van der Waals surface area contributed by atoms with Gasteiger partial charge < -0.3 is 15.3 Å². The number of aliphatic hydroxyl groups is 1. The Morgan fingerprint density at radius 1 is 1.12 bits per heavy atom. The molecule has 0 saturated carbocycles. The number of hydrogen-bond acceptors (Lipinski definition) is 4. The summed E-state index contributed by atoms with van der Waals surface area (Å²) in [5.74, 6) is 0.322. The van der Waals surface area contributed by atoms with Crippen molar-refractivity contribution in [2.45, 2.75) is 25.3 Å². The van der Waals surface area contributed by atoms with Gasteiger partial charge in [-0.3, -0.25) is 9.69 Å². The van der Waals surface area contributed by atoms with Crippen LogP contribution in [0.5, 0.6) is 0 Å². The summed E-state index contributed by atoms with van der Waals surface area (Å²) >= 11 is 0. The number of hydrogen-bond donors (Lipinski definition) is 2. The molecule has 1 amide bonds. The number of para-hydroxylation sites is 1. The predicted molar refractivity (Wildman–Crippen MR) is 101 cm³/mol. The number of piperazine rings is 1. The van der Waals surface area contributed by atoms with Crippen LogP contribution in [0.3, 0.4) is 0 Å². The minimum Gasteiger partial charge on any atom is -0.396 e. The van der Waals surface area contributed by atoms with Crippen molar-refractivity contribution in [3.8, 4) is 0 Å². The molecule has 2 aliphatic rings. The van der Waals surface area contributed by atoms with Crippen LogP contribution < -0.4 is 10.2 Å². The number of amides is 1. The molecule has 1 saturated heterocycles. The second-order valence-electron chi connectivity index (χ2n) is 7.01. The summed E-state index contributed by atoms with van der Waals surface area (Å²) in [7, 11) is 0. The third-order valence-corrected chi connectivity index (χ3v) is 5.12. The highest BCUT2D eigenvalue weighted by Crippen LogP contribution is 2.17. The van der Waals surface area contributed by atoms with E-state index in [2.05, 4.69) is 45.4 Å². The van der Waals surface area contributed by atoms with Gasteiger partial charge in [0.1, 0.15) is 0 Å². The average molecular weight is 343 g/mol. The summed E-state index contributed by atoms with van der Waals surface area (Å²) in [6.45, 7) is 5.35. The second kappa shape index (κ2) is 9.02. The quantitative estimate of drug-likeness (QED) is 0.739. The summed E-state index contributed by atoms with van der Waals surface area (Å²) in [4.78, 5) is 16.9. The van der Waals surface area contributed by atoms with E-state index in [1.54, 1.807) is 0 Å². The van der Waals surface area contributed by atoms with Gasteiger partial charge in [0.25, 0.3) is 0 Å². The number of nitrogens with one attached hydrogen (secondary N) is 1. The first kappa shape index (κ1) is 18.0. The Bertz CT molecular complexity index is 568. The van der Waals surface area contributed by atoms with E-state index < -0.39 is 0 Å². The minimum atomic E-state index is 0.0964. The van der Waals surface area contributed by atoms with Gasteiger partial charge in [0.2, 0.25) is 5.91 Å². The molecule has 3 rings (SSSR count). The first-order chi connectivity index (χ1) is 12.2. The molecule has 0 aromatic heterocycles. The van der Waals surface area contributed by atoms with E-state index in [-0.39, 0.29) is 24.5 Å². The molecule has 1 aromatic rings. The van der Waals surface area contributed by atoms with Crippen LogP contribution in [-0.4, -0.2) is 61.3 Å². The molecule has 5 nitrogen and oxygen atoms in total. The molecule has 1 aliphatic heterocycles. The Kier molecular flexibility index (Phi) is 6.48. The number of benzene rings is 1. The molecule has 2 N–H and O–H groups in total. The summed E-state index contributed by atoms with van der Waals surface area (Å²) in [5.41, 5.74) is 1.30. The van der Waals surface area contributed by atoms with E-state index in [1.807, 2.05) is 12.2 Å². The van der Waals surface area contributed by atoms with Gasteiger partial charge in [-0.25, -0.2) is 0 Å². The van der Waals surface area contributed by atoms with Gasteiger partial charge in [-0.2, -0.15) is 0 Å². The van der Waals surface area contributed by atoms with Gasteiger partial charge >= 0.3 is 0 Å². The molecule has 0 radical (unpaired) electrons. The zero-order chi connectivity index (χ0) is 17.5. The van der Waals surface area contributed by atoms with Gasteiger partial charge in [0.05, 0.1) is 0 Å². The number of nitrogens with zero attached hydrogens (tertiary/aromatic N) is 2. The predicted octanol–water partition coefficient (Wildman–Crippen LogP) is 1.64. The summed E-state index contributed by atoms with van der Waals surface area (Å²) in [5, 5.41) is 12.2. The Morgan fingerprint density at radius 2 is 1.88 bits per heavy atom. The van der Waals surface area contributed by atoms with E-state index >= 15 is 0 Å². The standard InChI is InChI=1S/C20H29N3O2/c24-16-17-8-9-18(15-17)21-20(25)7-4-10-22-11-13-23(14-12-22)19-5-2-1-3-6-19/h1-3,5-6,8-9,17-18,24H,4,7,10-16H2,(H,21,25)/t17-,18+/m0/s1. The number of carbonyl (C=O) groups is 1. The van der Waals surface area contributed by atoms with Crippen LogP contribution >= 0.6 is 0 Å². The lowest BCUT2D eigenvalue weighted by Gasteiger charge is -2.36. The topological polar surface area (TPSA) is 55.8 Å². The van der Waals surface area contributed by atoms with Crippen molar-refractivity contribution in [3.05, 3.63) is 42.5 Å². The first-order valence-corrected chi connectivity index (χ1v) is 9.35. The fourth-order valence-corrected chi connectivity index (χ4v) is 3.63. The molecule has 1 fully saturated rings. The van der Waals surface area contributed by atoms with Crippen LogP contribution in [0.25, 0.3) is 0 Å². The van der Waals surface area contributed by atoms with Gasteiger partial charge in [-0.05, 0) is 31.5 Å². The van der Waals surface area contributed by atoms with Crippen molar-refractivity contribution < 1.29 is 9.90 Å². The Morgan fingerprint density at radius 3 is 2.56 bits per heavy atom. The normalized spacial score (nSPS) is 23.8. The van der Waals surface area contributed by atoms with Crippen LogP contribution in [-0.2, 0) is 4.79 Å². The fourth-order valence-electron chi connectivity index (χ4n) is 3.63. The lowest BCUT2D eigenvalue weighted by molar-refractivity contribution is -0.121. The maximum absolute atomic E-state index is 12.0. The maximum atomic E-state index is 12.0. The largest absolute Gasteiger partial charge is 0.396 e. The van der Waals surface area contributed by atoms with Crippen molar-refractivity contribution in [3.63, 3.8) is 0 Å². The monoisotopic (exact) mass is 343 g/mol. The summed E-state index contributed by atoms with van der Waals surface area (Å²) in [6.07, 6.45) is 6.30. The summed E-state index contributed by atoms with van der Waals surface area (Å²) in [6, 6.07) is 10.7. The van der Waals surface area contributed by atoms with Crippen molar-refractivity contribution in [1.82, 2.24) is 10.2 Å². The molecule has 1 aromatic carbocycles. The minimum absolute atomic E-state index is 0.0964. The molecule has 136 valence electrons. The van der Waals surface area contributed by atoms with E-state index in [0.717, 1.165) is 45.6 Å². The molecule has 2 atom stereocenters. The number of aliphatic hydroxyl groups excluding tert-OH is 1. The summed E-state index contributed by atoms with van der Waals surface area (Å²) < 4.78 is 0. The van der Waals surface area contributed by atoms with Gasteiger partial charge in [0, 0.05) is 56.9 Å². The highest BCUT2D eigenvalue weighted by molar-refractivity contribution is 5.76. The van der Waals surface area contributed by atoms with Crippen molar-refractivity contribution in [2.24, 2.45) is 5.92 Å². The smallest absolute Gasteiger partial charge is 0.220 e. The lowest BCUT2D eigenvalue weighted by Crippen LogP contribution is -2.46. The Hall–Kier alpha value is -1.85. The third kappa shape index (κ3) is 5.31. The van der Waals surface area contributed by atoms with Crippen LogP contribution in [0, 0.1) is 5.92 Å². The van der Waals surface area contributed by atoms with Gasteiger partial charge in [-0.15, -0.1) is 0 Å². The molecule has 1 aliphatic carbocycles. The van der Waals surface area contributed by atoms with Crippen LogP contribution in [0.1, 0.15) is 19.3 Å². The third-order valence-electron chi connectivity index (χ3n) is 5.12. The van der Waals surface area contributed by atoms with Gasteiger partial charge in [0.15, 0.2) is 0 Å². The van der Waals surface area contributed by atoms with E-state index in [4.69, 9.17) is 5.11 Å². The molecule has 1 heterocycles. The zero-order valence-electron chi connectivity index (χ0n) is 14.8. The van der Waals surface area contributed by atoms with Crippen molar-refractivity contribution >= 4 is 11.6 Å². The van der Waals surface area contributed by atoms with E-state index in [0.29, 0.717) is 6.42 Å². The Balaban J connectivity index is 1.30. The molecule has 0 unspecified atom stereocenters. The molecule has 25 heavy (non-hydrogen) atoms. The van der Waals surface area contributed by atoms with Gasteiger partial charge in [-0.1, -0.05) is 30.4 Å². The highest BCUT2D eigenvalue weighted by atomic mass is 16.3. The van der Waals surface area contributed by atoms with Crippen molar-refractivity contribution in [2.75, 3.05) is 44.2 Å². The SMILES string of the molecule is O=C(CCCN1CCN(c2ccccc2)CC1)N[C@@H]1C=C[C@H](CO)C1. The number of carbonyl (C=O) groups excluding carboxylic acids is 1. The van der Waals surface area contributed by atoms with E-state index in [1.165, 1.54) is 5.69 Å². The average Bonchev–Trinajstić information content (AvgIpc) is 3.10. The van der Waals surface area contributed by atoms with Crippen LogP contribution in [0.2, 0.25) is 0 Å². The maximum Gasteiger partial charge on any atom is 0.220 e. The van der Waals surface area contributed by atoms with Crippen molar-refractivity contribution in [1.29, 1.82) is 0 Å². The molecular weight excluding hydrogens is 314 g/mol.